The summed E-state index contributed by atoms with van der Waals surface area (Å²) in [5.74, 6) is -0.0562. The van der Waals surface area contributed by atoms with Crippen LogP contribution in [0.2, 0.25) is 0 Å². The molecule has 0 atom stereocenters. The van der Waals surface area contributed by atoms with Crippen molar-refractivity contribution >= 4 is 16.8 Å². The lowest BCUT2D eigenvalue weighted by Crippen LogP contribution is -2.52. The summed E-state index contributed by atoms with van der Waals surface area (Å²) in [7, 11) is 0. The largest absolute Gasteiger partial charge is 0.361 e. The second-order valence-electron chi connectivity index (χ2n) is 4.89. The Kier molecular flexibility index (Phi) is 3.90. The number of carbonyl (C=O) groups is 1. The van der Waals surface area contributed by atoms with Crippen LogP contribution in [0.15, 0.2) is 30.5 Å². The first-order valence-corrected chi connectivity index (χ1v) is 6.74. The van der Waals surface area contributed by atoms with Crippen LogP contribution in [-0.4, -0.2) is 23.0 Å². The summed E-state index contributed by atoms with van der Waals surface area (Å²) >= 11 is 0. The first-order chi connectivity index (χ1) is 9.15. The molecule has 1 heterocycles. The normalized spacial score (nSPS) is 11.7. The zero-order chi connectivity index (χ0) is 13.9. The minimum absolute atomic E-state index is 0.0562. The van der Waals surface area contributed by atoms with Crippen LogP contribution in [0.5, 0.6) is 0 Å². The summed E-state index contributed by atoms with van der Waals surface area (Å²) in [4.78, 5) is 15.6. The number of fused-ring (bicyclic) bond motifs is 1. The Morgan fingerprint density at radius 1 is 1.32 bits per heavy atom. The zero-order valence-corrected chi connectivity index (χ0v) is 11.5. The molecule has 0 radical (unpaired) electrons. The van der Waals surface area contributed by atoms with Crippen LogP contribution in [0.3, 0.4) is 0 Å². The third-order valence-electron chi connectivity index (χ3n) is 3.96. The Bertz CT molecular complexity index is 561. The second kappa shape index (κ2) is 5.45. The van der Waals surface area contributed by atoms with Crippen molar-refractivity contribution < 1.29 is 4.79 Å². The average Bonchev–Trinajstić information content (AvgIpc) is 2.93. The number of H-pyrrole nitrogens is 1. The van der Waals surface area contributed by atoms with E-state index in [1.54, 1.807) is 0 Å². The van der Waals surface area contributed by atoms with Crippen LogP contribution < -0.4 is 11.1 Å². The van der Waals surface area contributed by atoms with Crippen LogP contribution >= 0.6 is 0 Å². The minimum Gasteiger partial charge on any atom is -0.361 e. The first-order valence-electron chi connectivity index (χ1n) is 6.74. The van der Waals surface area contributed by atoms with Gasteiger partial charge < -0.3 is 16.0 Å². The van der Waals surface area contributed by atoms with E-state index in [0.717, 1.165) is 23.7 Å². The van der Waals surface area contributed by atoms with Crippen LogP contribution in [-0.2, 0) is 0 Å². The van der Waals surface area contributed by atoms with Crippen LogP contribution in [0.4, 0.5) is 0 Å². The maximum atomic E-state index is 12.5. The van der Waals surface area contributed by atoms with Crippen molar-refractivity contribution in [3.8, 4) is 0 Å². The molecule has 1 amide bonds. The van der Waals surface area contributed by atoms with E-state index in [-0.39, 0.29) is 11.4 Å². The smallest absolute Gasteiger partial charge is 0.252 e. The van der Waals surface area contributed by atoms with Gasteiger partial charge in [-0.2, -0.15) is 0 Å². The number of nitrogens with two attached hydrogens (primary N) is 1. The molecule has 0 saturated carbocycles. The van der Waals surface area contributed by atoms with Gasteiger partial charge in [-0.1, -0.05) is 19.9 Å². The molecule has 2 rings (SSSR count). The summed E-state index contributed by atoms with van der Waals surface area (Å²) in [6.07, 6.45) is 3.50. The number of hydrogen-bond donors (Lipinski definition) is 3. The van der Waals surface area contributed by atoms with E-state index in [2.05, 4.69) is 10.3 Å². The average molecular weight is 259 g/mol. The fourth-order valence-corrected chi connectivity index (χ4v) is 2.36. The zero-order valence-electron chi connectivity index (χ0n) is 11.5. The lowest BCUT2D eigenvalue weighted by atomic mass is 9.92. The molecule has 0 aliphatic carbocycles. The van der Waals surface area contributed by atoms with Crippen LogP contribution in [0.1, 0.15) is 37.0 Å². The SMILES string of the molecule is CCC(CC)(CN)NC(=O)c1cccc2[nH]ccc12. The van der Waals surface area contributed by atoms with E-state index in [9.17, 15) is 4.79 Å². The van der Waals surface area contributed by atoms with Gasteiger partial charge in [0, 0.05) is 29.2 Å². The summed E-state index contributed by atoms with van der Waals surface area (Å²) < 4.78 is 0. The van der Waals surface area contributed by atoms with Crippen molar-refractivity contribution in [2.45, 2.75) is 32.2 Å². The summed E-state index contributed by atoms with van der Waals surface area (Å²) in [6, 6.07) is 7.61. The number of hydrogen-bond acceptors (Lipinski definition) is 2. The van der Waals surface area contributed by atoms with E-state index in [4.69, 9.17) is 5.73 Å². The van der Waals surface area contributed by atoms with Crippen LogP contribution in [0, 0.1) is 0 Å². The van der Waals surface area contributed by atoms with Gasteiger partial charge in [0.1, 0.15) is 0 Å². The monoisotopic (exact) mass is 259 g/mol. The van der Waals surface area contributed by atoms with Crippen molar-refractivity contribution in [1.82, 2.24) is 10.3 Å². The maximum absolute atomic E-state index is 12.5. The predicted molar refractivity (Wildman–Crippen MR) is 78.1 cm³/mol. The number of nitrogens with one attached hydrogen (secondary N) is 2. The first kappa shape index (κ1) is 13.6. The van der Waals surface area contributed by atoms with Gasteiger partial charge >= 0.3 is 0 Å². The Hall–Kier alpha value is -1.81. The molecule has 0 aliphatic rings. The van der Waals surface area contributed by atoms with E-state index < -0.39 is 0 Å². The molecule has 0 fully saturated rings. The Morgan fingerprint density at radius 2 is 2.05 bits per heavy atom. The van der Waals surface area contributed by atoms with E-state index in [1.165, 1.54) is 0 Å². The Balaban J connectivity index is 2.32. The van der Waals surface area contributed by atoms with Crippen LogP contribution in [0.25, 0.3) is 10.9 Å². The summed E-state index contributed by atoms with van der Waals surface area (Å²) in [5, 5.41) is 4.04. The number of benzene rings is 1. The third-order valence-corrected chi connectivity index (χ3v) is 3.96. The van der Waals surface area contributed by atoms with E-state index in [0.29, 0.717) is 12.1 Å². The highest BCUT2D eigenvalue weighted by atomic mass is 16.1. The molecule has 4 nitrogen and oxygen atoms in total. The van der Waals surface area contributed by atoms with Gasteiger partial charge in [-0.15, -0.1) is 0 Å². The molecule has 2 aromatic rings. The van der Waals surface area contributed by atoms with Gasteiger partial charge in [0.05, 0.1) is 5.54 Å². The topological polar surface area (TPSA) is 70.9 Å². The van der Waals surface area contributed by atoms with E-state index in [1.807, 2.05) is 44.3 Å². The van der Waals surface area contributed by atoms with Crippen molar-refractivity contribution in [1.29, 1.82) is 0 Å². The highest BCUT2D eigenvalue weighted by Crippen LogP contribution is 2.20. The molecular weight excluding hydrogens is 238 g/mol. The number of aromatic nitrogens is 1. The second-order valence-corrected chi connectivity index (χ2v) is 4.89. The van der Waals surface area contributed by atoms with Crippen molar-refractivity contribution in [3.63, 3.8) is 0 Å². The van der Waals surface area contributed by atoms with Gasteiger partial charge in [-0.05, 0) is 31.0 Å². The number of aromatic amines is 1. The molecule has 0 unspecified atom stereocenters. The standard InChI is InChI=1S/C15H21N3O/c1-3-15(4-2,10-16)18-14(19)12-6-5-7-13-11(12)8-9-17-13/h5-9,17H,3-4,10,16H2,1-2H3,(H,18,19). The number of carbonyl (C=O) groups excluding carboxylic acids is 1. The maximum Gasteiger partial charge on any atom is 0.252 e. The highest BCUT2D eigenvalue weighted by Gasteiger charge is 2.27. The minimum atomic E-state index is -0.310. The molecule has 1 aromatic carbocycles. The quantitative estimate of drug-likeness (QED) is 0.771. The molecule has 0 bridgehead atoms. The van der Waals surface area contributed by atoms with Crippen molar-refractivity contribution in [3.05, 3.63) is 36.0 Å². The number of rotatable bonds is 5. The fourth-order valence-electron chi connectivity index (χ4n) is 2.36. The van der Waals surface area contributed by atoms with Crippen molar-refractivity contribution in [2.24, 2.45) is 5.73 Å². The van der Waals surface area contributed by atoms with Gasteiger partial charge in [-0.3, -0.25) is 4.79 Å². The molecule has 102 valence electrons. The van der Waals surface area contributed by atoms with Gasteiger partial charge in [-0.25, -0.2) is 0 Å². The Morgan fingerprint density at radius 3 is 2.68 bits per heavy atom. The molecule has 19 heavy (non-hydrogen) atoms. The molecule has 0 saturated heterocycles. The summed E-state index contributed by atoms with van der Waals surface area (Å²) in [6.45, 7) is 4.55. The van der Waals surface area contributed by atoms with Gasteiger partial charge in [0.15, 0.2) is 0 Å². The lowest BCUT2D eigenvalue weighted by molar-refractivity contribution is 0.0897. The van der Waals surface area contributed by atoms with Gasteiger partial charge in [0.2, 0.25) is 0 Å². The third kappa shape index (κ3) is 2.49. The molecule has 1 aromatic heterocycles. The number of amides is 1. The van der Waals surface area contributed by atoms with E-state index >= 15 is 0 Å². The summed E-state index contributed by atoms with van der Waals surface area (Å²) in [5.41, 5.74) is 7.18. The molecule has 4 heteroatoms. The Labute approximate surface area is 113 Å². The molecular formula is C15H21N3O. The van der Waals surface area contributed by atoms with Gasteiger partial charge in [0.25, 0.3) is 5.91 Å². The highest BCUT2D eigenvalue weighted by molar-refractivity contribution is 6.06. The van der Waals surface area contributed by atoms with Crippen molar-refractivity contribution in [2.75, 3.05) is 6.54 Å². The molecule has 4 N–H and O–H groups in total. The predicted octanol–water partition coefficient (Wildman–Crippen LogP) is 2.42. The fraction of sp³-hybridized carbons (Fsp3) is 0.400. The molecule has 0 spiro atoms. The molecule has 0 aliphatic heterocycles. The lowest BCUT2D eigenvalue weighted by Gasteiger charge is -2.31.